The fourth-order valence-corrected chi connectivity index (χ4v) is 3.41. The van der Waals surface area contributed by atoms with Gasteiger partial charge in [0, 0.05) is 13.0 Å². The Morgan fingerprint density at radius 2 is 1.57 bits per heavy atom. The number of nitrogens with one attached hydrogen (secondary N) is 1. The van der Waals surface area contributed by atoms with Gasteiger partial charge in [-0.1, -0.05) is 44.0 Å². The van der Waals surface area contributed by atoms with E-state index in [1.54, 1.807) is 24.3 Å². The van der Waals surface area contributed by atoms with E-state index in [4.69, 9.17) is 4.74 Å². The molecule has 0 atom stereocenters. The number of imide groups is 1. The molecule has 0 saturated heterocycles. The van der Waals surface area contributed by atoms with Crippen LogP contribution in [-0.4, -0.2) is 35.8 Å². The Labute approximate surface area is 177 Å². The van der Waals surface area contributed by atoms with Crippen LogP contribution in [0.25, 0.3) is 0 Å². The van der Waals surface area contributed by atoms with Gasteiger partial charge in [0.05, 0.1) is 23.4 Å². The number of benzene rings is 2. The van der Waals surface area contributed by atoms with Crippen LogP contribution in [0.2, 0.25) is 0 Å². The highest BCUT2D eigenvalue weighted by atomic mass is 16.5. The minimum Gasteiger partial charge on any atom is -0.491 e. The predicted molar refractivity (Wildman–Crippen MR) is 116 cm³/mol. The van der Waals surface area contributed by atoms with E-state index in [0.29, 0.717) is 55.0 Å². The highest BCUT2D eigenvalue weighted by molar-refractivity contribution is 6.21. The second-order valence-corrected chi connectivity index (χ2v) is 7.36. The van der Waals surface area contributed by atoms with Crippen molar-refractivity contribution in [2.45, 2.75) is 45.4 Å². The number of rotatable bonds is 11. The van der Waals surface area contributed by atoms with Gasteiger partial charge in [0.25, 0.3) is 11.8 Å². The largest absolute Gasteiger partial charge is 0.491 e. The van der Waals surface area contributed by atoms with Crippen molar-refractivity contribution in [1.82, 2.24) is 4.90 Å². The fourth-order valence-electron chi connectivity index (χ4n) is 3.41. The normalized spacial score (nSPS) is 12.8. The van der Waals surface area contributed by atoms with Crippen molar-refractivity contribution in [1.29, 1.82) is 0 Å². The van der Waals surface area contributed by atoms with E-state index in [2.05, 4.69) is 12.2 Å². The van der Waals surface area contributed by atoms with Crippen LogP contribution in [0.1, 0.15) is 66.2 Å². The molecule has 0 aromatic heterocycles. The molecule has 1 N–H and O–H groups in total. The molecule has 6 heteroatoms. The van der Waals surface area contributed by atoms with Gasteiger partial charge >= 0.3 is 0 Å². The Morgan fingerprint density at radius 3 is 2.27 bits per heavy atom. The summed E-state index contributed by atoms with van der Waals surface area (Å²) in [5, 5.41) is 2.91. The van der Waals surface area contributed by atoms with Gasteiger partial charge in [0.15, 0.2) is 0 Å². The maximum absolute atomic E-state index is 12.3. The molecule has 0 fully saturated rings. The zero-order valence-corrected chi connectivity index (χ0v) is 17.4. The Kier molecular flexibility index (Phi) is 7.60. The topological polar surface area (TPSA) is 75.7 Å². The molecule has 0 radical (unpaired) electrons. The molecular formula is C24H28N2O4. The van der Waals surface area contributed by atoms with E-state index in [-0.39, 0.29) is 17.7 Å². The first kappa shape index (κ1) is 21.6. The van der Waals surface area contributed by atoms with Crippen LogP contribution in [0.15, 0.2) is 48.5 Å². The minimum absolute atomic E-state index is 0.0673. The monoisotopic (exact) mass is 408 g/mol. The summed E-state index contributed by atoms with van der Waals surface area (Å²) < 4.78 is 5.74. The number of para-hydroxylation sites is 2. The first-order chi connectivity index (χ1) is 14.6. The summed E-state index contributed by atoms with van der Waals surface area (Å²) in [5.41, 5.74) is 1.63. The van der Waals surface area contributed by atoms with Crippen LogP contribution in [0.4, 0.5) is 5.69 Å². The number of anilines is 1. The number of carbonyl (C=O) groups is 3. The number of fused-ring (bicyclic) bond motifs is 1. The number of hydrogen-bond acceptors (Lipinski definition) is 4. The van der Waals surface area contributed by atoms with E-state index in [1.807, 2.05) is 24.3 Å². The molecule has 0 bridgehead atoms. The van der Waals surface area contributed by atoms with Gasteiger partial charge < -0.3 is 10.1 Å². The van der Waals surface area contributed by atoms with Crippen LogP contribution < -0.4 is 10.1 Å². The lowest BCUT2D eigenvalue weighted by Crippen LogP contribution is -2.30. The molecule has 30 heavy (non-hydrogen) atoms. The predicted octanol–water partition coefficient (Wildman–Crippen LogP) is 4.66. The van der Waals surface area contributed by atoms with Gasteiger partial charge in [-0.15, -0.1) is 0 Å². The van der Waals surface area contributed by atoms with Crippen molar-refractivity contribution in [3.63, 3.8) is 0 Å². The highest BCUT2D eigenvalue weighted by Gasteiger charge is 2.34. The lowest BCUT2D eigenvalue weighted by atomic mass is 10.1. The fraction of sp³-hybridized carbons (Fsp3) is 0.375. The third kappa shape index (κ3) is 5.26. The second-order valence-electron chi connectivity index (χ2n) is 7.36. The average molecular weight is 408 g/mol. The quantitative estimate of drug-likeness (QED) is 0.433. The summed E-state index contributed by atoms with van der Waals surface area (Å²) in [6.07, 6.45) is 4.52. The maximum Gasteiger partial charge on any atom is 0.261 e. The number of nitrogens with zero attached hydrogens (tertiary/aromatic N) is 1. The number of unbranched alkanes of at least 4 members (excludes halogenated alkanes) is 3. The van der Waals surface area contributed by atoms with Gasteiger partial charge in [-0.2, -0.15) is 0 Å². The van der Waals surface area contributed by atoms with Crippen molar-refractivity contribution in [3.05, 3.63) is 59.7 Å². The Hall–Kier alpha value is -3.15. The number of amides is 3. The number of carbonyl (C=O) groups excluding carboxylic acids is 3. The SMILES string of the molecule is CCCCOc1ccccc1NC(=O)CCCCCN1C(=O)c2ccccc2C1=O. The zero-order valence-electron chi connectivity index (χ0n) is 17.4. The molecule has 2 aromatic carbocycles. The molecule has 158 valence electrons. The Bertz CT molecular complexity index is 875. The van der Waals surface area contributed by atoms with E-state index < -0.39 is 0 Å². The van der Waals surface area contributed by atoms with Crippen molar-refractivity contribution < 1.29 is 19.1 Å². The highest BCUT2D eigenvalue weighted by Crippen LogP contribution is 2.25. The smallest absolute Gasteiger partial charge is 0.261 e. The summed E-state index contributed by atoms with van der Waals surface area (Å²) in [6.45, 7) is 3.11. The van der Waals surface area contributed by atoms with Crippen molar-refractivity contribution >= 4 is 23.4 Å². The summed E-state index contributed by atoms with van der Waals surface area (Å²) in [4.78, 5) is 38.3. The van der Waals surface area contributed by atoms with Gasteiger partial charge in [-0.05, 0) is 43.5 Å². The van der Waals surface area contributed by atoms with Crippen LogP contribution in [0.3, 0.4) is 0 Å². The van der Waals surface area contributed by atoms with Gasteiger partial charge in [-0.25, -0.2) is 0 Å². The summed E-state index contributed by atoms with van der Waals surface area (Å²) in [7, 11) is 0. The first-order valence-electron chi connectivity index (χ1n) is 10.6. The van der Waals surface area contributed by atoms with Crippen LogP contribution >= 0.6 is 0 Å². The van der Waals surface area contributed by atoms with Crippen LogP contribution in [0.5, 0.6) is 5.75 Å². The average Bonchev–Trinajstić information content (AvgIpc) is 3.00. The molecule has 1 aliphatic heterocycles. The molecule has 3 rings (SSSR count). The van der Waals surface area contributed by atoms with Crippen molar-refractivity contribution in [2.24, 2.45) is 0 Å². The molecule has 2 aromatic rings. The summed E-state index contributed by atoms with van der Waals surface area (Å²) in [6, 6.07) is 14.3. The Morgan fingerprint density at radius 1 is 0.900 bits per heavy atom. The van der Waals surface area contributed by atoms with Gasteiger partial charge in [0.1, 0.15) is 5.75 Å². The van der Waals surface area contributed by atoms with E-state index in [0.717, 1.165) is 19.3 Å². The lowest BCUT2D eigenvalue weighted by molar-refractivity contribution is -0.116. The molecule has 0 spiro atoms. The maximum atomic E-state index is 12.3. The van der Waals surface area contributed by atoms with Crippen LogP contribution in [0, 0.1) is 0 Å². The molecule has 0 aliphatic carbocycles. The molecule has 6 nitrogen and oxygen atoms in total. The van der Waals surface area contributed by atoms with Gasteiger partial charge in [0.2, 0.25) is 5.91 Å². The third-order valence-corrected chi connectivity index (χ3v) is 5.08. The van der Waals surface area contributed by atoms with Gasteiger partial charge in [-0.3, -0.25) is 19.3 Å². The summed E-state index contributed by atoms with van der Waals surface area (Å²) in [5.74, 6) is 0.160. The molecule has 0 saturated carbocycles. The number of hydrogen-bond donors (Lipinski definition) is 1. The van der Waals surface area contributed by atoms with Crippen molar-refractivity contribution in [3.8, 4) is 5.75 Å². The second kappa shape index (κ2) is 10.6. The molecule has 0 unspecified atom stereocenters. The minimum atomic E-state index is -0.229. The number of ether oxygens (including phenoxy) is 1. The third-order valence-electron chi connectivity index (χ3n) is 5.08. The van der Waals surface area contributed by atoms with E-state index in [9.17, 15) is 14.4 Å². The van der Waals surface area contributed by atoms with E-state index >= 15 is 0 Å². The molecule has 1 heterocycles. The lowest BCUT2D eigenvalue weighted by Gasteiger charge is -2.14. The van der Waals surface area contributed by atoms with Crippen molar-refractivity contribution in [2.75, 3.05) is 18.5 Å². The standard InChI is InChI=1S/C24H28N2O4/c1-2-3-17-30-21-14-9-8-13-20(21)25-22(27)15-5-4-10-16-26-23(28)18-11-6-7-12-19(18)24(26)29/h6-9,11-14H,2-5,10,15-17H2,1H3,(H,25,27). The molecular weight excluding hydrogens is 380 g/mol. The Balaban J connectivity index is 1.39. The first-order valence-corrected chi connectivity index (χ1v) is 10.6. The molecule has 3 amide bonds. The van der Waals surface area contributed by atoms with Crippen LogP contribution in [-0.2, 0) is 4.79 Å². The molecule has 1 aliphatic rings. The van der Waals surface area contributed by atoms with E-state index in [1.165, 1.54) is 4.90 Å². The summed E-state index contributed by atoms with van der Waals surface area (Å²) >= 11 is 0. The zero-order chi connectivity index (χ0) is 21.3.